The number of aliphatic hydroxyl groups is 1. The van der Waals surface area contributed by atoms with Gasteiger partial charge in [0, 0.05) is 24.4 Å². The number of carbonyl (C=O) groups is 4. The van der Waals surface area contributed by atoms with E-state index in [-0.39, 0.29) is 34.9 Å². The largest absolute Gasteiger partial charge is 0.389 e. The number of benzene rings is 1. The average molecular weight is 519 g/mol. The monoisotopic (exact) mass is 518 g/mol. The summed E-state index contributed by atoms with van der Waals surface area (Å²) in [7, 11) is 0. The minimum atomic E-state index is -1.02. The van der Waals surface area contributed by atoms with Gasteiger partial charge in [0.1, 0.15) is 24.2 Å². The van der Waals surface area contributed by atoms with E-state index in [1.165, 1.54) is 17.0 Å². The number of fused-ring (bicyclic) bond motifs is 2. The lowest BCUT2D eigenvalue weighted by Gasteiger charge is -2.29. The molecule has 3 amide bonds. The molecule has 2 aromatic rings. The van der Waals surface area contributed by atoms with Crippen molar-refractivity contribution in [2.45, 2.75) is 44.2 Å². The summed E-state index contributed by atoms with van der Waals surface area (Å²) in [6, 6.07) is 2.16. The molecule has 2 saturated heterocycles. The second kappa shape index (κ2) is 9.82. The maximum atomic E-state index is 13.8. The molecule has 0 radical (unpaired) electrons. The fourth-order valence-corrected chi connectivity index (χ4v) is 6.33. The van der Waals surface area contributed by atoms with E-state index in [0.717, 1.165) is 19.3 Å². The third kappa shape index (κ3) is 4.48. The highest BCUT2D eigenvalue weighted by molar-refractivity contribution is 6.35. The molecule has 3 aliphatic rings. The predicted molar refractivity (Wildman–Crippen MR) is 129 cm³/mol. The van der Waals surface area contributed by atoms with E-state index in [9.17, 15) is 28.7 Å². The third-order valence-corrected chi connectivity index (χ3v) is 8.16. The molecule has 4 N–H and O–H groups in total. The molecule has 11 heteroatoms. The molecule has 5 atom stereocenters. The average Bonchev–Trinajstić information content (AvgIpc) is 3.61. The second-order valence-corrected chi connectivity index (χ2v) is 10.4. The van der Waals surface area contributed by atoms with Crippen molar-refractivity contribution in [2.75, 3.05) is 19.7 Å². The smallest absolute Gasteiger partial charge is 0.271 e. The number of carbonyl (C=O) groups excluding carboxylic acids is 4. The molecule has 1 aliphatic carbocycles. The number of ketones is 1. The Morgan fingerprint density at radius 3 is 2.75 bits per heavy atom. The molecule has 9 nitrogen and oxygen atoms in total. The molecule has 1 aromatic carbocycles. The first-order valence-corrected chi connectivity index (χ1v) is 12.6. The first-order valence-electron chi connectivity index (χ1n) is 12.3. The number of nitrogens with zero attached hydrogens (tertiary/aromatic N) is 1. The minimum absolute atomic E-state index is 0.0565. The summed E-state index contributed by atoms with van der Waals surface area (Å²) in [4.78, 5) is 56.1. The molecule has 3 fully saturated rings. The molecule has 192 valence electrons. The Kier molecular flexibility index (Phi) is 6.74. The Morgan fingerprint density at radius 2 is 2.03 bits per heavy atom. The molecule has 5 rings (SSSR count). The highest BCUT2D eigenvalue weighted by atomic mass is 35.5. The van der Waals surface area contributed by atoms with Crippen LogP contribution in [0.15, 0.2) is 18.2 Å². The van der Waals surface area contributed by atoms with Crippen LogP contribution in [0.25, 0.3) is 10.9 Å². The number of aromatic amines is 1. The summed E-state index contributed by atoms with van der Waals surface area (Å²) in [5, 5.41) is 15.6. The lowest BCUT2D eigenvalue weighted by molar-refractivity contribution is -0.133. The summed E-state index contributed by atoms with van der Waals surface area (Å²) in [6.07, 6.45) is 3.26. The van der Waals surface area contributed by atoms with Gasteiger partial charge in [-0.3, -0.25) is 19.2 Å². The van der Waals surface area contributed by atoms with Gasteiger partial charge in [-0.05, 0) is 55.7 Å². The number of halogens is 2. The first kappa shape index (κ1) is 24.7. The molecule has 3 heterocycles. The van der Waals surface area contributed by atoms with Crippen molar-refractivity contribution in [3.8, 4) is 0 Å². The van der Waals surface area contributed by atoms with Gasteiger partial charge in [0.15, 0.2) is 5.78 Å². The number of H-pyrrole nitrogens is 1. The van der Waals surface area contributed by atoms with Gasteiger partial charge in [-0.2, -0.15) is 0 Å². The van der Waals surface area contributed by atoms with Crippen LogP contribution in [0, 0.1) is 23.6 Å². The van der Waals surface area contributed by atoms with Gasteiger partial charge in [-0.1, -0.05) is 18.0 Å². The number of nitrogens with one attached hydrogen (secondary N) is 3. The minimum Gasteiger partial charge on any atom is -0.389 e. The highest BCUT2D eigenvalue weighted by Crippen LogP contribution is 2.43. The van der Waals surface area contributed by atoms with Crippen LogP contribution in [-0.2, 0) is 14.4 Å². The molecule has 1 saturated carbocycles. The normalized spacial score (nSPS) is 26.2. The van der Waals surface area contributed by atoms with Gasteiger partial charge in [0.2, 0.25) is 11.8 Å². The van der Waals surface area contributed by atoms with Gasteiger partial charge in [0.25, 0.3) is 5.91 Å². The highest BCUT2D eigenvalue weighted by Gasteiger charge is 2.50. The summed E-state index contributed by atoms with van der Waals surface area (Å²) < 4.78 is 13.8. The van der Waals surface area contributed by atoms with Crippen molar-refractivity contribution < 1.29 is 28.7 Å². The van der Waals surface area contributed by atoms with Crippen LogP contribution in [0.5, 0.6) is 0 Å². The van der Waals surface area contributed by atoms with E-state index < -0.39 is 48.0 Å². The van der Waals surface area contributed by atoms with Crippen molar-refractivity contribution in [1.82, 2.24) is 20.5 Å². The Labute approximate surface area is 211 Å². The SMILES string of the molecule is O=C1NCC[C@H]1C[C@H](NC(=O)[C@@H]1[C@H]2CCC[C@H]2CN1C(=O)c1cc2c(Cl)cc(F)cc2[nH]1)C(=O)CO. The second-order valence-electron chi connectivity index (χ2n) is 9.99. The van der Waals surface area contributed by atoms with E-state index >= 15 is 0 Å². The van der Waals surface area contributed by atoms with Crippen molar-refractivity contribution in [2.24, 2.45) is 17.8 Å². The molecule has 0 unspecified atom stereocenters. The Balaban J connectivity index is 1.40. The maximum absolute atomic E-state index is 13.8. The van der Waals surface area contributed by atoms with Gasteiger partial charge < -0.3 is 25.6 Å². The molecule has 36 heavy (non-hydrogen) atoms. The van der Waals surface area contributed by atoms with E-state index in [2.05, 4.69) is 15.6 Å². The molecule has 0 bridgehead atoms. The number of hydrogen-bond donors (Lipinski definition) is 4. The van der Waals surface area contributed by atoms with Crippen LogP contribution in [0.4, 0.5) is 4.39 Å². The summed E-state index contributed by atoms with van der Waals surface area (Å²) in [5.74, 6) is -2.49. The van der Waals surface area contributed by atoms with E-state index in [4.69, 9.17) is 11.6 Å². The van der Waals surface area contributed by atoms with Crippen molar-refractivity contribution in [3.63, 3.8) is 0 Å². The first-order chi connectivity index (χ1) is 17.3. The summed E-state index contributed by atoms with van der Waals surface area (Å²) in [5.41, 5.74) is 0.577. The van der Waals surface area contributed by atoms with Crippen molar-refractivity contribution in [1.29, 1.82) is 0 Å². The zero-order valence-corrected chi connectivity index (χ0v) is 20.3. The number of aromatic nitrogens is 1. The Hall–Kier alpha value is -2.98. The standard InChI is InChI=1S/C25H28ClFN4O5/c26-17-7-14(27)8-18-16(17)9-20(29-18)25(36)31-10-13-2-1-3-15(13)22(31)24(35)30-19(21(33)11-32)6-12-4-5-28-23(12)34/h7-9,12-13,15,19,22,29,32H,1-6,10-11H2,(H,28,34)(H,30,35)/t12-,13-,15-,19-,22-/m0/s1. The van der Waals surface area contributed by atoms with Gasteiger partial charge in [-0.15, -0.1) is 0 Å². The van der Waals surface area contributed by atoms with Crippen molar-refractivity contribution in [3.05, 3.63) is 34.7 Å². The molecular weight excluding hydrogens is 491 g/mol. The molecular formula is C25H28ClFN4O5. The zero-order valence-electron chi connectivity index (χ0n) is 19.6. The van der Waals surface area contributed by atoms with Gasteiger partial charge in [-0.25, -0.2) is 4.39 Å². The lowest BCUT2D eigenvalue weighted by Crippen LogP contribution is -2.53. The van der Waals surface area contributed by atoms with Crippen molar-refractivity contribution >= 4 is 46.0 Å². The van der Waals surface area contributed by atoms with Crippen LogP contribution in [0.2, 0.25) is 5.02 Å². The molecule has 0 spiro atoms. The number of rotatable bonds is 7. The topological polar surface area (TPSA) is 132 Å². The fourth-order valence-electron chi connectivity index (χ4n) is 6.07. The van der Waals surface area contributed by atoms with Crippen LogP contribution >= 0.6 is 11.6 Å². The fraction of sp³-hybridized carbons (Fsp3) is 0.520. The zero-order chi connectivity index (χ0) is 25.6. The maximum Gasteiger partial charge on any atom is 0.271 e. The van der Waals surface area contributed by atoms with Crippen LogP contribution in [-0.4, -0.2) is 70.3 Å². The number of hydrogen-bond acceptors (Lipinski definition) is 5. The number of amides is 3. The van der Waals surface area contributed by atoms with Crippen LogP contribution in [0.1, 0.15) is 42.6 Å². The van der Waals surface area contributed by atoms with Crippen LogP contribution < -0.4 is 10.6 Å². The Bertz CT molecular complexity index is 1230. The predicted octanol–water partition coefficient (Wildman–Crippen LogP) is 1.77. The quantitative estimate of drug-likeness (QED) is 0.443. The Morgan fingerprint density at radius 1 is 1.22 bits per heavy atom. The number of likely N-dealkylation sites (tertiary alicyclic amines) is 1. The third-order valence-electron chi connectivity index (χ3n) is 7.85. The summed E-state index contributed by atoms with van der Waals surface area (Å²) in [6.45, 7) is 0.137. The lowest BCUT2D eigenvalue weighted by atomic mass is 9.92. The molecule has 2 aliphatic heterocycles. The summed E-state index contributed by atoms with van der Waals surface area (Å²) >= 11 is 6.15. The van der Waals surface area contributed by atoms with Gasteiger partial charge >= 0.3 is 0 Å². The van der Waals surface area contributed by atoms with Gasteiger partial charge in [0.05, 0.1) is 16.6 Å². The van der Waals surface area contributed by atoms with E-state index in [0.29, 0.717) is 30.4 Å². The van der Waals surface area contributed by atoms with E-state index in [1.807, 2.05) is 0 Å². The van der Waals surface area contributed by atoms with Crippen LogP contribution in [0.3, 0.4) is 0 Å². The number of aliphatic hydroxyl groups excluding tert-OH is 1. The van der Waals surface area contributed by atoms with E-state index in [1.54, 1.807) is 6.07 Å². The number of Topliss-reactive ketones (excluding diaryl/α,β-unsaturated/α-hetero) is 1. The molecule has 1 aromatic heterocycles.